The zero-order chi connectivity index (χ0) is 21.1. The molecule has 2 aliphatic heterocycles. The van der Waals surface area contributed by atoms with E-state index < -0.39 is 6.10 Å². The Labute approximate surface area is 210 Å². The average Bonchev–Trinajstić information content (AvgIpc) is 2.75. The van der Waals surface area contributed by atoms with Crippen LogP contribution in [-0.4, -0.2) is 61.3 Å². The van der Waals surface area contributed by atoms with Gasteiger partial charge in [-0.3, -0.25) is 9.69 Å². The molecule has 2 aromatic rings. The number of aliphatic hydroxyl groups is 1. The number of halogens is 4. The van der Waals surface area contributed by atoms with E-state index in [4.69, 9.17) is 27.9 Å². The van der Waals surface area contributed by atoms with Crippen LogP contribution in [0.2, 0.25) is 10.0 Å². The van der Waals surface area contributed by atoms with E-state index in [0.717, 1.165) is 31.7 Å². The van der Waals surface area contributed by atoms with Crippen molar-refractivity contribution in [2.75, 3.05) is 49.5 Å². The first kappa shape index (κ1) is 26.8. The standard InChI is InChI=1S/C22H25Cl2N3O3.2ClH/c23-18-12-19(24)22(17-6-7-20(29)25-21(17)18)30-14-16(28)13-26-8-10-27(11-9-26)15-4-2-1-3-5-15;;/h1-5,12,16,28H,6-11,13-14H2,(H,25,29);2*1H. The molecule has 1 unspecified atom stereocenters. The minimum atomic E-state index is -0.645. The van der Waals surface area contributed by atoms with Crippen molar-refractivity contribution in [3.05, 3.63) is 52.0 Å². The Morgan fingerprint density at radius 3 is 2.41 bits per heavy atom. The summed E-state index contributed by atoms with van der Waals surface area (Å²) in [6.07, 6.45) is 0.219. The molecular formula is C22H27Cl4N3O3. The van der Waals surface area contributed by atoms with Crippen LogP contribution in [0.15, 0.2) is 36.4 Å². The fraction of sp³-hybridized carbons (Fsp3) is 0.409. The van der Waals surface area contributed by atoms with Crippen LogP contribution in [-0.2, 0) is 11.2 Å². The number of amides is 1. The van der Waals surface area contributed by atoms with Gasteiger partial charge in [0.15, 0.2) is 0 Å². The third-order valence-corrected chi connectivity index (χ3v) is 6.11. The van der Waals surface area contributed by atoms with Crippen LogP contribution in [0.25, 0.3) is 0 Å². The molecule has 2 aliphatic rings. The second kappa shape index (κ2) is 12.2. The fourth-order valence-electron chi connectivity index (χ4n) is 3.98. The molecule has 4 rings (SSSR count). The SMILES string of the molecule is Cl.Cl.O=C1CCc2c(c(Cl)cc(Cl)c2OCC(O)CN2CCN(c3ccccc3)CC2)N1. The van der Waals surface area contributed by atoms with Crippen molar-refractivity contribution in [3.8, 4) is 5.75 Å². The van der Waals surface area contributed by atoms with Crippen LogP contribution >= 0.6 is 48.0 Å². The highest BCUT2D eigenvalue weighted by atomic mass is 35.5. The number of hydrogen-bond acceptors (Lipinski definition) is 5. The number of ether oxygens (including phenoxy) is 1. The quantitative estimate of drug-likeness (QED) is 0.592. The largest absolute Gasteiger partial charge is 0.489 e. The molecule has 1 fully saturated rings. The number of aliphatic hydroxyl groups excluding tert-OH is 1. The van der Waals surface area contributed by atoms with Crippen molar-refractivity contribution in [2.24, 2.45) is 0 Å². The third kappa shape index (κ3) is 6.34. The highest BCUT2D eigenvalue weighted by Crippen LogP contribution is 2.42. The summed E-state index contributed by atoms with van der Waals surface area (Å²) < 4.78 is 5.89. The third-order valence-electron chi connectivity index (χ3n) is 5.53. The second-order valence-electron chi connectivity index (χ2n) is 7.66. The number of anilines is 2. The van der Waals surface area contributed by atoms with Gasteiger partial charge in [-0.25, -0.2) is 0 Å². The predicted octanol–water partition coefficient (Wildman–Crippen LogP) is 4.28. The van der Waals surface area contributed by atoms with Gasteiger partial charge in [0.1, 0.15) is 18.5 Å². The molecular weight excluding hydrogens is 496 g/mol. The molecule has 0 aromatic heterocycles. The normalized spacial score (nSPS) is 16.8. The first-order chi connectivity index (χ1) is 14.5. The summed E-state index contributed by atoms with van der Waals surface area (Å²) in [5.74, 6) is 0.413. The van der Waals surface area contributed by atoms with E-state index in [2.05, 4.69) is 39.4 Å². The molecule has 1 saturated heterocycles. The van der Waals surface area contributed by atoms with Gasteiger partial charge in [-0.2, -0.15) is 0 Å². The number of hydrogen-bond donors (Lipinski definition) is 2. The summed E-state index contributed by atoms with van der Waals surface area (Å²) in [6.45, 7) is 4.28. The number of carbonyl (C=O) groups is 1. The molecule has 6 nitrogen and oxygen atoms in total. The van der Waals surface area contributed by atoms with E-state index in [1.54, 1.807) is 6.07 Å². The van der Waals surface area contributed by atoms with Crippen molar-refractivity contribution in [1.29, 1.82) is 0 Å². The van der Waals surface area contributed by atoms with Crippen molar-refractivity contribution in [2.45, 2.75) is 18.9 Å². The molecule has 1 amide bonds. The molecule has 0 saturated carbocycles. The molecule has 2 heterocycles. The van der Waals surface area contributed by atoms with E-state index in [1.165, 1.54) is 5.69 Å². The first-order valence-electron chi connectivity index (χ1n) is 10.1. The van der Waals surface area contributed by atoms with Gasteiger partial charge in [-0.1, -0.05) is 41.4 Å². The fourth-order valence-corrected chi connectivity index (χ4v) is 4.58. The summed E-state index contributed by atoms with van der Waals surface area (Å²) in [4.78, 5) is 16.3. The smallest absolute Gasteiger partial charge is 0.224 e. The number of nitrogens with one attached hydrogen (secondary N) is 1. The molecule has 0 radical (unpaired) electrons. The van der Waals surface area contributed by atoms with E-state index in [0.29, 0.717) is 40.9 Å². The van der Waals surface area contributed by atoms with Crippen LogP contribution in [0.1, 0.15) is 12.0 Å². The number of para-hydroxylation sites is 1. The number of piperazine rings is 1. The first-order valence-corrected chi connectivity index (χ1v) is 10.9. The molecule has 0 bridgehead atoms. The maximum absolute atomic E-state index is 11.7. The number of nitrogens with zero attached hydrogens (tertiary/aromatic N) is 2. The number of benzene rings is 2. The van der Waals surface area contributed by atoms with Crippen molar-refractivity contribution in [3.63, 3.8) is 0 Å². The monoisotopic (exact) mass is 521 g/mol. The van der Waals surface area contributed by atoms with Gasteiger partial charge in [0.25, 0.3) is 0 Å². The molecule has 176 valence electrons. The van der Waals surface area contributed by atoms with Gasteiger partial charge in [0.05, 0.1) is 15.7 Å². The Kier molecular flexibility index (Phi) is 10.2. The van der Waals surface area contributed by atoms with Gasteiger partial charge >= 0.3 is 0 Å². The average molecular weight is 523 g/mol. The molecule has 1 atom stereocenters. The summed E-state index contributed by atoms with van der Waals surface area (Å²) in [5, 5.41) is 14.1. The molecule has 2 aromatic carbocycles. The lowest BCUT2D eigenvalue weighted by atomic mass is 10.0. The zero-order valence-corrected chi connectivity index (χ0v) is 20.6. The van der Waals surface area contributed by atoms with E-state index >= 15 is 0 Å². The van der Waals surface area contributed by atoms with Gasteiger partial charge in [-0.15, -0.1) is 24.8 Å². The Morgan fingerprint density at radius 1 is 1.03 bits per heavy atom. The van der Waals surface area contributed by atoms with Crippen molar-refractivity contribution < 1.29 is 14.6 Å². The Balaban J connectivity index is 0.00000181. The number of β-amino-alcohol motifs (C(OH)–C–C–N with tert-alkyl or cyclic N) is 1. The maximum Gasteiger partial charge on any atom is 0.224 e. The minimum absolute atomic E-state index is 0. The highest BCUT2D eigenvalue weighted by Gasteiger charge is 2.25. The van der Waals surface area contributed by atoms with Crippen LogP contribution in [0.3, 0.4) is 0 Å². The Hall–Kier alpha value is -1.41. The lowest BCUT2D eigenvalue weighted by Gasteiger charge is -2.36. The van der Waals surface area contributed by atoms with Crippen molar-refractivity contribution in [1.82, 2.24) is 4.90 Å². The lowest BCUT2D eigenvalue weighted by Crippen LogP contribution is -2.49. The van der Waals surface area contributed by atoms with E-state index in [9.17, 15) is 9.90 Å². The van der Waals surface area contributed by atoms with Crippen LogP contribution in [0.5, 0.6) is 5.75 Å². The highest BCUT2D eigenvalue weighted by molar-refractivity contribution is 6.38. The molecule has 0 aliphatic carbocycles. The summed E-state index contributed by atoms with van der Waals surface area (Å²) in [6, 6.07) is 11.9. The van der Waals surface area contributed by atoms with Crippen LogP contribution < -0.4 is 15.0 Å². The minimum Gasteiger partial charge on any atom is -0.489 e. The van der Waals surface area contributed by atoms with Crippen LogP contribution in [0, 0.1) is 0 Å². The molecule has 0 spiro atoms. The van der Waals surface area contributed by atoms with Crippen LogP contribution in [0.4, 0.5) is 11.4 Å². The maximum atomic E-state index is 11.7. The molecule has 10 heteroatoms. The van der Waals surface area contributed by atoms with Gasteiger partial charge in [0.2, 0.25) is 5.91 Å². The Morgan fingerprint density at radius 2 is 1.72 bits per heavy atom. The van der Waals surface area contributed by atoms with Gasteiger partial charge in [-0.05, 0) is 24.6 Å². The van der Waals surface area contributed by atoms with Crippen molar-refractivity contribution >= 4 is 65.3 Å². The topological polar surface area (TPSA) is 65.0 Å². The number of rotatable bonds is 6. The number of carbonyl (C=O) groups excluding carboxylic acids is 1. The Bertz CT molecular complexity index is 909. The lowest BCUT2D eigenvalue weighted by molar-refractivity contribution is -0.116. The summed E-state index contributed by atoms with van der Waals surface area (Å²) in [7, 11) is 0. The van der Waals surface area contributed by atoms with Gasteiger partial charge < -0.3 is 20.1 Å². The molecule has 32 heavy (non-hydrogen) atoms. The van der Waals surface area contributed by atoms with Gasteiger partial charge in [0, 0.05) is 50.4 Å². The molecule has 2 N–H and O–H groups in total. The summed E-state index contributed by atoms with van der Waals surface area (Å²) in [5.41, 5.74) is 2.57. The zero-order valence-electron chi connectivity index (χ0n) is 17.4. The van der Waals surface area contributed by atoms with E-state index in [1.807, 2.05) is 6.07 Å². The second-order valence-corrected chi connectivity index (χ2v) is 8.47. The predicted molar refractivity (Wildman–Crippen MR) is 135 cm³/mol. The number of fused-ring (bicyclic) bond motifs is 1. The van der Waals surface area contributed by atoms with E-state index in [-0.39, 0.29) is 37.3 Å². The summed E-state index contributed by atoms with van der Waals surface area (Å²) >= 11 is 12.6.